The van der Waals surface area contributed by atoms with E-state index in [9.17, 15) is 0 Å². The standard InChI is InChI=1S/C18H18Cl2N2O/c1-23-17-5-10(13-3-2-12(19)6-16(13)20)4-14-15-9-21-7-11(15)8-22-18(14)17/h2-6,11,15,21-22H,7-9H2,1H3. The van der Waals surface area contributed by atoms with Crippen LogP contribution < -0.4 is 15.4 Å². The molecule has 2 heterocycles. The van der Waals surface area contributed by atoms with Crippen LogP contribution >= 0.6 is 23.2 Å². The van der Waals surface area contributed by atoms with Crippen molar-refractivity contribution in [2.24, 2.45) is 5.92 Å². The van der Waals surface area contributed by atoms with Gasteiger partial charge in [0.05, 0.1) is 12.8 Å². The summed E-state index contributed by atoms with van der Waals surface area (Å²) in [7, 11) is 1.71. The van der Waals surface area contributed by atoms with Gasteiger partial charge < -0.3 is 15.4 Å². The Bertz CT molecular complexity index is 763. The summed E-state index contributed by atoms with van der Waals surface area (Å²) in [6.07, 6.45) is 0. The van der Waals surface area contributed by atoms with Gasteiger partial charge in [-0.15, -0.1) is 0 Å². The summed E-state index contributed by atoms with van der Waals surface area (Å²) in [5.41, 5.74) is 4.47. The van der Waals surface area contributed by atoms with Crippen molar-refractivity contribution in [3.8, 4) is 16.9 Å². The maximum Gasteiger partial charge on any atom is 0.142 e. The number of halogens is 2. The maximum atomic E-state index is 6.40. The van der Waals surface area contributed by atoms with Crippen molar-refractivity contribution in [1.29, 1.82) is 0 Å². The zero-order chi connectivity index (χ0) is 16.0. The summed E-state index contributed by atoms with van der Waals surface area (Å²) in [4.78, 5) is 0. The molecule has 4 rings (SSSR count). The Morgan fingerprint density at radius 2 is 1.96 bits per heavy atom. The molecule has 120 valence electrons. The molecule has 2 N–H and O–H groups in total. The van der Waals surface area contributed by atoms with Crippen LogP contribution in [0.1, 0.15) is 11.5 Å². The molecule has 2 unspecified atom stereocenters. The van der Waals surface area contributed by atoms with E-state index in [0.717, 1.165) is 42.2 Å². The van der Waals surface area contributed by atoms with Crippen LogP contribution in [0.3, 0.4) is 0 Å². The Kier molecular flexibility index (Phi) is 3.88. The molecule has 5 heteroatoms. The number of fused-ring (bicyclic) bond motifs is 3. The van der Waals surface area contributed by atoms with Gasteiger partial charge in [0, 0.05) is 41.2 Å². The molecule has 0 spiro atoms. The van der Waals surface area contributed by atoms with Crippen molar-refractivity contribution in [2.45, 2.75) is 5.92 Å². The molecule has 2 aliphatic rings. The molecule has 0 aromatic heterocycles. The van der Waals surface area contributed by atoms with Gasteiger partial charge in [-0.05, 0) is 41.3 Å². The van der Waals surface area contributed by atoms with E-state index in [0.29, 0.717) is 21.9 Å². The SMILES string of the molecule is COc1cc(-c2ccc(Cl)cc2Cl)cc2c1NCC1CNCC21. The number of rotatable bonds is 2. The second-order valence-electron chi connectivity index (χ2n) is 6.17. The van der Waals surface area contributed by atoms with Gasteiger partial charge in [-0.3, -0.25) is 0 Å². The van der Waals surface area contributed by atoms with E-state index in [1.54, 1.807) is 13.2 Å². The van der Waals surface area contributed by atoms with Crippen LogP contribution in [0, 0.1) is 5.92 Å². The van der Waals surface area contributed by atoms with E-state index >= 15 is 0 Å². The van der Waals surface area contributed by atoms with Gasteiger partial charge in [0.1, 0.15) is 5.75 Å². The molecule has 2 aliphatic heterocycles. The number of methoxy groups -OCH3 is 1. The van der Waals surface area contributed by atoms with Crippen LogP contribution in [0.4, 0.5) is 5.69 Å². The number of hydrogen-bond donors (Lipinski definition) is 2. The number of benzene rings is 2. The molecule has 0 radical (unpaired) electrons. The van der Waals surface area contributed by atoms with Crippen LogP contribution in [0.25, 0.3) is 11.1 Å². The minimum atomic E-state index is 0.520. The minimum absolute atomic E-state index is 0.520. The smallest absolute Gasteiger partial charge is 0.142 e. The van der Waals surface area contributed by atoms with Gasteiger partial charge in [0.25, 0.3) is 0 Å². The first-order valence-corrected chi connectivity index (χ1v) is 8.55. The summed E-state index contributed by atoms with van der Waals surface area (Å²) >= 11 is 12.4. The Morgan fingerprint density at radius 1 is 1.09 bits per heavy atom. The van der Waals surface area contributed by atoms with Gasteiger partial charge >= 0.3 is 0 Å². The molecule has 23 heavy (non-hydrogen) atoms. The molecule has 2 atom stereocenters. The predicted octanol–water partition coefficient (Wildman–Crippen LogP) is 4.40. The highest BCUT2D eigenvalue weighted by atomic mass is 35.5. The fourth-order valence-electron chi connectivity index (χ4n) is 3.70. The van der Waals surface area contributed by atoms with E-state index in [4.69, 9.17) is 27.9 Å². The van der Waals surface area contributed by atoms with Gasteiger partial charge in [0.15, 0.2) is 0 Å². The first kappa shape index (κ1) is 15.1. The fourth-order valence-corrected chi connectivity index (χ4v) is 4.22. The van der Waals surface area contributed by atoms with E-state index < -0.39 is 0 Å². The molecule has 0 saturated carbocycles. The van der Waals surface area contributed by atoms with Crippen molar-refractivity contribution in [3.05, 3.63) is 45.9 Å². The number of nitrogens with one attached hydrogen (secondary N) is 2. The zero-order valence-electron chi connectivity index (χ0n) is 12.8. The topological polar surface area (TPSA) is 33.3 Å². The van der Waals surface area contributed by atoms with Gasteiger partial charge in [-0.25, -0.2) is 0 Å². The van der Waals surface area contributed by atoms with E-state index in [-0.39, 0.29) is 0 Å². The molecule has 0 aliphatic carbocycles. The van der Waals surface area contributed by atoms with Gasteiger partial charge in [-0.1, -0.05) is 29.3 Å². The van der Waals surface area contributed by atoms with Crippen LogP contribution in [0.5, 0.6) is 5.75 Å². The second kappa shape index (κ2) is 5.90. The molecule has 1 fully saturated rings. The lowest BCUT2D eigenvalue weighted by Crippen LogP contribution is -2.27. The quantitative estimate of drug-likeness (QED) is 0.843. The molecular weight excluding hydrogens is 331 g/mol. The average molecular weight is 349 g/mol. The number of anilines is 1. The molecular formula is C18H18Cl2N2O. The first-order valence-electron chi connectivity index (χ1n) is 7.79. The third-order valence-corrected chi connectivity index (χ3v) is 5.42. The lowest BCUT2D eigenvalue weighted by Gasteiger charge is -2.30. The van der Waals surface area contributed by atoms with Crippen LogP contribution in [0.2, 0.25) is 10.0 Å². The Morgan fingerprint density at radius 3 is 2.74 bits per heavy atom. The summed E-state index contributed by atoms with van der Waals surface area (Å²) in [5, 5.41) is 8.33. The highest BCUT2D eigenvalue weighted by Crippen LogP contribution is 2.45. The highest BCUT2D eigenvalue weighted by molar-refractivity contribution is 6.36. The molecule has 2 aromatic rings. The lowest BCUT2D eigenvalue weighted by molar-refractivity contribution is 0.412. The number of ether oxygens (including phenoxy) is 1. The Balaban J connectivity index is 1.87. The monoisotopic (exact) mass is 348 g/mol. The third-order valence-electron chi connectivity index (χ3n) is 4.88. The van der Waals surface area contributed by atoms with Gasteiger partial charge in [0.2, 0.25) is 0 Å². The van der Waals surface area contributed by atoms with Crippen molar-refractivity contribution < 1.29 is 4.74 Å². The normalized spacial score (nSPS) is 22.2. The fraction of sp³-hybridized carbons (Fsp3) is 0.333. The Hall–Kier alpha value is -1.42. The molecule has 1 saturated heterocycles. The largest absolute Gasteiger partial charge is 0.495 e. The Labute approximate surface area is 145 Å². The molecule has 0 amide bonds. The average Bonchev–Trinajstić information content (AvgIpc) is 3.02. The third kappa shape index (κ3) is 2.57. The van der Waals surface area contributed by atoms with Crippen LogP contribution in [0.15, 0.2) is 30.3 Å². The first-order chi connectivity index (χ1) is 11.2. The number of hydrogen-bond acceptors (Lipinski definition) is 3. The molecule has 3 nitrogen and oxygen atoms in total. The molecule has 2 aromatic carbocycles. The van der Waals surface area contributed by atoms with Crippen molar-refractivity contribution in [2.75, 3.05) is 32.1 Å². The van der Waals surface area contributed by atoms with Gasteiger partial charge in [-0.2, -0.15) is 0 Å². The van der Waals surface area contributed by atoms with Crippen molar-refractivity contribution >= 4 is 28.9 Å². The van der Waals surface area contributed by atoms with E-state index in [1.807, 2.05) is 18.2 Å². The van der Waals surface area contributed by atoms with Crippen LogP contribution in [-0.2, 0) is 0 Å². The highest BCUT2D eigenvalue weighted by Gasteiger charge is 2.35. The summed E-state index contributed by atoms with van der Waals surface area (Å²) in [5.74, 6) is 2.02. The van der Waals surface area contributed by atoms with E-state index in [2.05, 4.69) is 16.7 Å². The summed E-state index contributed by atoms with van der Waals surface area (Å²) in [6.45, 7) is 3.06. The summed E-state index contributed by atoms with van der Waals surface area (Å²) < 4.78 is 5.63. The van der Waals surface area contributed by atoms with Crippen molar-refractivity contribution in [3.63, 3.8) is 0 Å². The van der Waals surface area contributed by atoms with Crippen molar-refractivity contribution in [1.82, 2.24) is 5.32 Å². The maximum absolute atomic E-state index is 6.40. The minimum Gasteiger partial charge on any atom is -0.495 e. The zero-order valence-corrected chi connectivity index (χ0v) is 14.3. The van der Waals surface area contributed by atoms with E-state index in [1.165, 1.54) is 5.56 Å². The van der Waals surface area contributed by atoms with Crippen LogP contribution in [-0.4, -0.2) is 26.7 Å². The lowest BCUT2D eigenvalue weighted by atomic mass is 9.83. The predicted molar refractivity (Wildman–Crippen MR) is 96.0 cm³/mol. The summed E-state index contributed by atoms with van der Waals surface area (Å²) in [6, 6.07) is 9.90. The second-order valence-corrected chi connectivity index (χ2v) is 7.02. The molecule has 0 bridgehead atoms.